The zero-order chi connectivity index (χ0) is 23.8. The lowest BCUT2D eigenvalue weighted by Gasteiger charge is -2.36. The minimum absolute atomic E-state index is 0.112. The second-order valence-electron chi connectivity index (χ2n) is 10.7. The highest BCUT2D eigenvalue weighted by Crippen LogP contribution is 2.19. The van der Waals surface area contributed by atoms with E-state index in [9.17, 15) is 9.59 Å². The van der Waals surface area contributed by atoms with Gasteiger partial charge in [0, 0.05) is 40.8 Å². The van der Waals surface area contributed by atoms with Crippen molar-refractivity contribution in [3.05, 3.63) is 35.9 Å². The molecule has 1 atom stereocenters. The van der Waals surface area contributed by atoms with Crippen LogP contribution in [0.4, 0.5) is 9.59 Å². The predicted molar refractivity (Wildman–Crippen MR) is 131 cm³/mol. The molecule has 1 aromatic carbocycles. The Hall–Kier alpha value is -2.06. The van der Waals surface area contributed by atoms with Crippen molar-refractivity contribution in [1.82, 2.24) is 15.1 Å². The number of rotatable bonds is 8. The fraction of sp³-hybridized carbons (Fsp3) is 0.667. The molecule has 1 aliphatic heterocycles. The number of hydrogen-bond donors (Lipinski definition) is 1. The Bertz CT molecular complexity index is 723. The summed E-state index contributed by atoms with van der Waals surface area (Å²) in [6.07, 6.45) is 0.174. The van der Waals surface area contributed by atoms with Gasteiger partial charge in [0.2, 0.25) is 0 Å². The van der Waals surface area contributed by atoms with Gasteiger partial charge in [0.25, 0.3) is 0 Å². The monoisotopic (exact) mass is 463 g/mol. The van der Waals surface area contributed by atoms with Crippen molar-refractivity contribution in [2.24, 2.45) is 0 Å². The standard InChI is InChI=1S/C24H41N3O4Si/c1-24(2,3)31-23(29)27-16-14-26(15-17-27)13-12-21(20-10-8-7-9-11-20)25-22(28)30-18-19-32(4,5)6/h7-11,21H,12-19H2,1-6H3,(H,25,28)/t21-/m0/s1. The first kappa shape index (κ1) is 26.2. The molecule has 2 amide bonds. The van der Waals surface area contributed by atoms with Crippen LogP contribution in [0.15, 0.2) is 30.3 Å². The Labute approximate surface area is 194 Å². The third kappa shape index (κ3) is 10.0. The molecule has 1 heterocycles. The van der Waals surface area contributed by atoms with E-state index in [0.29, 0.717) is 19.7 Å². The SMILES string of the molecule is CC(C)(C)OC(=O)N1CCN(CC[C@H](NC(=O)OCC[Si](C)(C)C)c2ccccc2)CC1. The van der Waals surface area contributed by atoms with Crippen molar-refractivity contribution in [3.8, 4) is 0 Å². The van der Waals surface area contributed by atoms with Crippen molar-refractivity contribution >= 4 is 20.3 Å². The van der Waals surface area contributed by atoms with E-state index in [-0.39, 0.29) is 18.2 Å². The molecule has 0 aliphatic carbocycles. The Balaban J connectivity index is 1.85. The van der Waals surface area contributed by atoms with Gasteiger partial charge in [0.1, 0.15) is 5.60 Å². The number of carbonyl (C=O) groups is 2. The third-order valence-corrected chi connectivity index (χ3v) is 7.04. The van der Waals surface area contributed by atoms with Gasteiger partial charge in [0.05, 0.1) is 12.6 Å². The smallest absolute Gasteiger partial charge is 0.410 e. The summed E-state index contributed by atoms with van der Waals surface area (Å²) in [4.78, 5) is 28.8. The molecule has 2 rings (SSSR count). The summed E-state index contributed by atoms with van der Waals surface area (Å²) in [6, 6.07) is 10.9. The molecule has 180 valence electrons. The maximum Gasteiger partial charge on any atom is 0.410 e. The lowest BCUT2D eigenvalue weighted by Crippen LogP contribution is -2.50. The molecule has 0 saturated carbocycles. The summed E-state index contributed by atoms with van der Waals surface area (Å²) in [5.41, 5.74) is 0.592. The van der Waals surface area contributed by atoms with Crippen molar-refractivity contribution in [2.75, 3.05) is 39.3 Å². The Morgan fingerprint density at radius 3 is 2.25 bits per heavy atom. The van der Waals surface area contributed by atoms with E-state index < -0.39 is 13.7 Å². The molecule has 1 aliphatic rings. The number of piperazine rings is 1. The maximum atomic E-state index is 12.4. The topological polar surface area (TPSA) is 71.1 Å². The summed E-state index contributed by atoms with van der Waals surface area (Å²) < 4.78 is 10.9. The van der Waals surface area contributed by atoms with Crippen LogP contribution in [-0.4, -0.2) is 75.0 Å². The van der Waals surface area contributed by atoms with Gasteiger partial charge >= 0.3 is 12.2 Å². The predicted octanol–water partition coefficient (Wildman–Crippen LogP) is 4.73. The molecule has 0 aromatic heterocycles. The third-order valence-electron chi connectivity index (χ3n) is 5.34. The van der Waals surface area contributed by atoms with Gasteiger partial charge in [0.15, 0.2) is 0 Å². The molecular formula is C24H41N3O4Si. The highest BCUT2D eigenvalue weighted by Gasteiger charge is 2.26. The average Bonchev–Trinajstić information content (AvgIpc) is 2.70. The van der Waals surface area contributed by atoms with E-state index in [1.54, 1.807) is 4.90 Å². The Morgan fingerprint density at radius 2 is 1.69 bits per heavy atom. The first-order valence-corrected chi connectivity index (χ1v) is 15.3. The Kier molecular flexibility index (Phi) is 9.58. The number of hydrogen-bond acceptors (Lipinski definition) is 5. The second kappa shape index (κ2) is 11.7. The van der Waals surface area contributed by atoms with Gasteiger partial charge in [-0.1, -0.05) is 50.0 Å². The summed E-state index contributed by atoms with van der Waals surface area (Å²) in [5, 5.41) is 3.05. The number of ether oxygens (including phenoxy) is 2. The Morgan fingerprint density at radius 1 is 1.06 bits per heavy atom. The fourth-order valence-corrected chi connectivity index (χ4v) is 4.15. The van der Waals surface area contributed by atoms with E-state index in [1.165, 1.54) is 0 Å². The summed E-state index contributed by atoms with van der Waals surface area (Å²) in [5.74, 6) is 0. The van der Waals surface area contributed by atoms with Crippen LogP contribution in [-0.2, 0) is 9.47 Å². The number of alkyl carbamates (subject to hydrolysis) is 1. The van der Waals surface area contributed by atoms with Crippen LogP contribution >= 0.6 is 0 Å². The van der Waals surface area contributed by atoms with Gasteiger partial charge < -0.3 is 19.7 Å². The molecule has 0 unspecified atom stereocenters. The summed E-state index contributed by atoms with van der Waals surface area (Å²) >= 11 is 0. The second-order valence-corrected chi connectivity index (χ2v) is 16.3. The van der Waals surface area contributed by atoms with Gasteiger partial charge in [-0.05, 0) is 38.8 Å². The highest BCUT2D eigenvalue weighted by molar-refractivity contribution is 6.76. The lowest BCUT2D eigenvalue weighted by molar-refractivity contribution is 0.0142. The van der Waals surface area contributed by atoms with Gasteiger partial charge in [-0.2, -0.15) is 0 Å². The normalized spacial score (nSPS) is 16.4. The van der Waals surface area contributed by atoms with Crippen molar-refractivity contribution in [3.63, 3.8) is 0 Å². The number of nitrogens with one attached hydrogen (secondary N) is 1. The molecular weight excluding hydrogens is 422 g/mol. The van der Waals surface area contributed by atoms with Gasteiger partial charge in [-0.15, -0.1) is 0 Å². The highest BCUT2D eigenvalue weighted by atomic mass is 28.3. The largest absolute Gasteiger partial charge is 0.450 e. The number of amides is 2. The minimum Gasteiger partial charge on any atom is -0.450 e. The first-order valence-electron chi connectivity index (χ1n) is 11.6. The number of benzene rings is 1. The van der Waals surface area contributed by atoms with Crippen molar-refractivity contribution < 1.29 is 19.1 Å². The van der Waals surface area contributed by atoms with Crippen LogP contribution < -0.4 is 5.32 Å². The average molecular weight is 464 g/mol. The molecule has 0 spiro atoms. The molecule has 7 nitrogen and oxygen atoms in total. The molecule has 0 radical (unpaired) electrons. The zero-order valence-corrected chi connectivity index (χ0v) is 21.6. The van der Waals surface area contributed by atoms with Crippen molar-refractivity contribution in [2.45, 2.75) is 64.5 Å². The van der Waals surface area contributed by atoms with Crippen LogP contribution in [0.25, 0.3) is 0 Å². The molecule has 0 bridgehead atoms. The van der Waals surface area contributed by atoms with E-state index in [2.05, 4.69) is 29.9 Å². The van der Waals surface area contributed by atoms with E-state index in [0.717, 1.165) is 37.7 Å². The molecule has 1 aromatic rings. The molecule has 1 saturated heterocycles. The number of carbonyl (C=O) groups excluding carboxylic acids is 2. The van der Waals surface area contributed by atoms with Gasteiger partial charge in [-0.3, -0.25) is 4.90 Å². The summed E-state index contributed by atoms with van der Waals surface area (Å²) in [7, 11) is -1.24. The number of nitrogens with zero attached hydrogens (tertiary/aromatic N) is 2. The van der Waals surface area contributed by atoms with Crippen LogP contribution in [0.2, 0.25) is 25.7 Å². The maximum absolute atomic E-state index is 12.4. The van der Waals surface area contributed by atoms with Crippen LogP contribution in [0.3, 0.4) is 0 Å². The molecule has 8 heteroatoms. The van der Waals surface area contributed by atoms with Crippen LogP contribution in [0, 0.1) is 0 Å². The molecule has 1 N–H and O–H groups in total. The fourth-order valence-electron chi connectivity index (χ4n) is 3.43. The van der Waals surface area contributed by atoms with Crippen molar-refractivity contribution in [1.29, 1.82) is 0 Å². The lowest BCUT2D eigenvalue weighted by atomic mass is 10.0. The first-order chi connectivity index (χ1) is 14.9. The molecule has 32 heavy (non-hydrogen) atoms. The van der Waals surface area contributed by atoms with Crippen LogP contribution in [0.1, 0.15) is 38.8 Å². The summed E-state index contributed by atoms with van der Waals surface area (Å²) in [6.45, 7) is 16.6. The quantitative estimate of drug-likeness (QED) is 0.564. The minimum atomic E-state index is -1.24. The van der Waals surface area contributed by atoms with E-state index in [1.807, 2.05) is 51.1 Å². The molecule has 1 fully saturated rings. The van der Waals surface area contributed by atoms with E-state index >= 15 is 0 Å². The van der Waals surface area contributed by atoms with E-state index in [4.69, 9.17) is 9.47 Å². The zero-order valence-electron chi connectivity index (χ0n) is 20.6. The van der Waals surface area contributed by atoms with Gasteiger partial charge in [-0.25, -0.2) is 9.59 Å². The van der Waals surface area contributed by atoms with Crippen LogP contribution in [0.5, 0.6) is 0 Å².